The lowest BCUT2D eigenvalue weighted by Gasteiger charge is -2.31. The van der Waals surface area contributed by atoms with Crippen LogP contribution in [-0.4, -0.2) is 59.3 Å². The second-order valence-corrected chi connectivity index (χ2v) is 6.76. The molecule has 1 fully saturated rings. The van der Waals surface area contributed by atoms with Crippen LogP contribution < -0.4 is 0 Å². The number of ether oxygens (including phenoxy) is 1. The minimum atomic E-state index is -0.929. The molecule has 6 nitrogen and oxygen atoms in total. The molecule has 1 N–H and O–H groups in total. The summed E-state index contributed by atoms with van der Waals surface area (Å²) < 4.78 is 5.15. The van der Waals surface area contributed by atoms with Gasteiger partial charge in [-0.2, -0.15) is 0 Å². The molecule has 0 amide bonds. The highest BCUT2D eigenvalue weighted by Gasteiger charge is 2.20. The predicted molar refractivity (Wildman–Crippen MR) is 99.2 cm³/mol. The maximum absolute atomic E-state index is 11.2. The van der Waals surface area contributed by atoms with Crippen molar-refractivity contribution in [3.63, 3.8) is 0 Å². The number of carboxylic acid groups (broad SMARTS) is 1. The minimum Gasteiger partial charge on any atom is -0.478 e. The molecule has 2 heterocycles. The van der Waals surface area contributed by atoms with Gasteiger partial charge in [-0.05, 0) is 56.5 Å². The molecule has 0 spiro atoms. The monoisotopic (exact) mass is 355 g/mol. The molecule has 26 heavy (non-hydrogen) atoms. The number of piperidine rings is 1. The molecule has 1 aromatic heterocycles. The molecule has 0 radical (unpaired) electrons. The summed E-state index contributed by atoms with van der Waals surface area (Å²) in [6, 6.07) is 8.86. The van der Waals surface area contributed by atoms with Gasteiger partial charge in [0.2, 0.25) is 0 Å². The van der Waals surface area contributed by atoms with E-state index in [9.17, 15) is 4.79 Å². The summed E-state index contributed by atoms with van der Waals surface area (Å²) in [6.07, 6.45) is 4.84. The van der Waals surface area contributed by atoms with Crippen LogP contribution in [0.3, 0.4) is 0 Å². The fourth-order valence-corrected chi connectivity index (χ4v) is 3.41. The largest absolute Gasteiger partial charge is 0.478 e. The van der Waals surface area contributed by atoms with E-state index in [4.69, 9.17) is 9.84 Å². The molecule has 6 heteroatoms. The first kappa shape index (κ1) is 18.5. The van der Waals surface area contributed by atoms with Crippen LogP contribution in [-0.2, 0) is 11.2 Å². The molecule has 0 unspecified atom stereocenters. The van der Waals surface area contributed by atoms with E-state index in [1.807, 2.05) is 12.1 Å². The molecule has 0 saturated carbocycles. The van der Waals surface area contributed by atoms with Gasteiger partial charge in [-0.15, -0.1) is 0 Å². The van der Waals surface area contributed by atoms with Gasteiger partial charge in [0.15, 0.2) is 0 Å². The Kier molecular flexibility index (Phi) is 6.30. The van der Waals surface area contributed by atoms with E-state index in [2.05, 4.69) is 14.9 Å². The first-order valence-corrected chi connectivity index (χ1v) is 9.01. The normalized spacial score (nSPS) is 15.9. The van der Waals surface area contributed by atoms with Gasteiger partial charge in [-0.25, -0.2) is 14.8 Å². The van der Waals surface area contributed by atoms with E-state index in [1.165, 1.54) is 0 Å². The zero-order valence-electron chi connectivity index (χ0n) is 15.1. The lowest BCUT2D eigenvalue weighted by atomic mass is 9.91. The molecule has 1 saturated heterocycles. The maximum Gasteiger partial charge on any atom is 0.335 e. The number of aromatic carboxylic acids is 1. The van der Waals surface area contributed by atoms with Crippen molar-refractivity contribution in [1.29, 1.82) is 0 Å². The van der Waals surface area contributed by atoms with Gasteiger partial charge in [0.05, 0.1) is 17.9 Å². The molecule has 3 rings (SSSR count). The van der Waals surface area contributed by atoms with Crippen molar-refractivity contribution in [2.24, 2.45) is 5.92 Å². The number of rotatable bonds is 7. The third-order valence-electron chi connectivity index (χ3n) is 4.95. The molecular weight excluding hydrogens is 330 g/mol. The SMILES string of the molecule is COCCN1CCC(Cc2cc(-c3cccc(C(=O)O)c3)ncn2)CC1. The van der Waals surface area contributed by atoms with Crippen molar-refractivity contribution in [2.45, 2.75) is 19.3 Å². The number of methoxy groups -OCH3 is 1. The van der Waals surface area contributed by atoms with E-state index >= 15 is 0 Å². The van der Waals surface area contributed by atoms with Crippen LogP contribution >= 0.6 is 0 Å². The molecule has 1 aromatic carbocycles. The summed E-state index contributed by atoms with van der Waals surface area (Å²) in [5.74, 6) is -0.303. The molecule has 0 atom stereocenters. The quantitative estimate of drug-likeness (QED) is 0.823. The first-order chi connectivity index (χ1) is 12.7. The van der Waals surface area contributed by atoms with Crippen LogP contribution in [0, 0.1) is 5.92 Å². The van der Waals surface area contributed by atoms with Crippen LogP contribution in [0.5, 0.6) is 0 Å². The average molecular weight is 355 g/mol. The minimum absolute atomic E-state index is 0.270. The summed E-state index contributed by atoms with van der Waals surface area (Å²) in [5, 5.41) is 9.16. The second-order valence-electron chi connectivity index (χ2n) is 6.76. The van der Waals surface area contributed by atoms with E-state index in [0.29, 0.717) is 5.92 Å². The van der Waals surface area contributed by atoms with Gasteiger partial charge in [0.1, 0.15) is 6.33 Å². The zero-order valence-corrected chi connectivity index (χ0v) is 15.1. The molecular formula is C20H25N3O3. The van der Waals surface area contributed by atoms with Gasteiger partial charge in [-0.3, -0.25) is 0 Å². The number of nitrogens with zero attached hydrogens (tertiary/aromatic N) is 3. The van der Waals surface area contributed by atoms with Crippen LogP contribution in [0.2, 0.25) is 0 Å². The van der Waals surface area contributed by atoms with E-state index in [1.54, 1.807) is 31.6 Å². The van der Waals surface area contributed by atoms with Crippen LogP contribution in [0.15, 0.2) is 36.7 Å². The number of hydrogen-bond donors (Lipinski definition) is 1. The molecule has 0 bridgehead atoms. The number of hydrogen-bond acceptors (Lipinski definition) is 5. The first-order valence-electron chi connectivity index (χ1n) is 9.01. The fourth-order valence-electron chi connectivity index (χ4n) is 3.41. The Labute approximate surface area is 153 Å². The number of carboxylic acids is 1. The molecule has 1 aliphatic rings. The summed E-state index contributed by atoms with van der Waals surface area (Å²) in [7, 11) is 1.74. The smallest absolute Gasteiger partial charge is 0.335 e. The lowest BCUT2D eigenvalue weighted by molar-refractivity contribution is 0.0697. The van der Waals surface area contributed by atoms with Crippen LogP contribution in [0.1, 0.15) is 28.9 Å². The van der Waals surface area contributed by atoms with E-state index in [0.717, 1.165) is 62.5 Å². The Morgan fingerprint density at radius 3 is 2.81 bits per heavy atom. The molecule has 2 aromatic rings. The van der Waals surface area contributed by atoms with Gasteiger partial charge in [0, 0.05) is 24.9 Å². The van der Waals surface area contributed by atoms with Crippen molar-refractivity contribution in [1.82, 2.24) is 14.9 Å². The Morgan fingerprint density at radius 2 is 2.08 bits per heavy atom. The highest BCUT2D eigenvalue weighted by atomic mass is 16.5. The van der Waals surface area contributed by atoms with Crippen LogP contribution in [0.25, 0.3) is 11.3 Å². The number of benzene rings is 1. The zero-order chi connectivity index (χ0) is 18.4. The predicted octanol–water partition coefficient (Wildman–Crippen LogP) is 2.74. The summed E-state index contributed by atoms with van der Waals surface area (Å²) in [4.78, 5) is 22.4. The topological polar surface area (TPSA) is 75.5 Å². The van der Waals surface area contributed by atoms with Crippen molar-refractivity contribution in [3.8, 4) is 11.3 Å². The number of carbonyl (C=O) groups is 1. The van der Waals surface area contributed by atoms with E-state index < -0.39 is 5.97 Å². The summed E-state index contributed by atoms with van der Waals surface area (Å²) in [5.41, 5.74) is 2.87. The third-order valence-corrected chi connectivity index (χ3v) is 4.95. The number of likely N-dealkylation sites (tertiary alicyclic amines) is 1. The fraction of sp³-hybridized carbons (Fsp3) is 0.450. The number of aromatic nitrogens is 2. The molecule has 138 valence electrons. The Balaban J connectivity index is 1.63. The Morgan fingerprint density at radius 1 is 1.27 bits per heavy atom. The van der Waals surface area contributed by atoms with Crippen molar-refractivity contribution in [3.05, 3.63) is 47.9 Å². The third kappa shape index (κ3) is 4.86. The standard InChI is InChI=1S/C20H25N3O3/c1-26-10-9-23-7-5-15(6-8-23)11-18-13-19(22-14-21-18)16-3-2-4-17(12-16)20(24)25/h2-4,12-15H,5-11H2,1H3,(H,24,25). The highest BCUT2D eigenvalue weighted by Crippen LogP contribution is 2.23. The second kappa shape index (κ2) is 8.87. The molecule has 1 aliphatic heterocycles. The van der Waals surface area contributed by atoms with Gasteiger partial charge < -0.3 is 14.7 Å². The van der Waals surface area contributed by atoms with Gasteiger partial charge in [0.25, 0.3) is 0 Å². The van der Waals surface area contributed by atoms with E-state index in [-0.39, 0.29) is 5.56 Å². The van der Waals surface area contributed by atoms with Gasteiger partial charge in [-0.1, -0.05) is 12.1 Å². The highest BCUT2D eigenvalue weighted by molar-refractivity contribution is 5.89. The average Bonchev–Trinajstić information content (AvgIpc) is 2.68. The Hall–Kier alpha value is -2.31. The van der Waals surface area contributed by atoms with Crippen molar-refractivity contribution in [2.75, 3.05) is 33.4 Å². The van der Waals surface area contributed by atoms with Gasteiger partial charge >= 0.3 is 5.97 Å². The molecule has 0 aliphatic carbocycles. The van der Waals surface area contributed by atoms with Crippen molar-refractivity contribution < 1.29 is 14.6 Å². The lowest BCUT2D eigenvalue weighted by Crippen LogP contribution is -2.36. The summed E-state index contributed by atoms with van der Waals surface area (Å²) in [6.45, 7) is 4.00. The Bertz CT molecular complexity index is 743. The maximum atomic E-state index is 11.2. The summed E-state index contributed by atoms with van der Waals surface area (Å²) >= 11 is 0. The van der Waals surface area contributed by atoms with Crippen LogP contribution in [0.4, 0.5) is 0 Å². The van der Waals surface area contributed by atoms with Crippen molar-refractivity contribution >= 4 is 5.97 Å².